The Kier molecular flexibility index (Phi) is 7.79. The summed E-state index contributed by atoms with van der Waals surface area (Å²) in [5.41, 5.74) is 1.05. The zero-order valence-electron chi connectivity index (χ0n) is 22.7. The fraction of sp³-hybridized carbons (Fsp3) is 0.188. The molecule has 2 N–H and O–H groups in total. The summed E-state index contributed by atoms with van der Waals surface area (Å²) in [5.74, 6) is -7.70. The number of hydrogen-bond donors (Lipinski definition) is 2. The number of allylic oxidation sites excluding steroid dienone is 2. The molecule has 5 rings (SSSR count). The molecule has 0 radical (unpaired) electrons. The van der Waals surface area contributed by atoms with E-state index in [1.807, 2.05) is 0 Å². The lowest BCUT2D eigenvalue weighted by Crippen LogP contribution is -2.31. The van der Waals surface area contributed by atoms with Crippen molar-refractivity contribution in [3.63, 3.8) is 0 Å². The standard InChI is InChI=1S/C32H26N2O8/c1-41-25(35)15-21(17-11-13-33-23-9-5-3-7-19(17)23)27-29(37)31(39)28(32(40)30(27)38)22(16-26(36)42-2)18-12-14-34-24-10-6-4-8-20(18)24/h3-14,21-22,37,40H,15-16H2,1-2H3/t21-,22-/m1/s1. The lowest BCUT2D eigenvalue weighted by Gasteiger charge is -2.28. The number of Topliss-reactive ketones (excluding diaryl/α,β-unsaturated/α-hetero) is 2. The lowest BCUT2D eigenvalue weighted by atomic mass is 9.75. The fourth-order valence-corrected chi connectivity index (χ4v) is 5.44. The van der Waals surface area contributed by atoms with Crippen LogP contribution in [0.3, 0.4) is 0 Å². The highest BCUT2D eigenvalue weighted by Crippen LogP contribution is 2.43. The van der Waals surface area contributed by atoms with Gasteiger partial charge in [-0.05, 0) is 35.4 Å². The minimum Gasteiger partial charge on any atom is -0.504 e. The first-order valence-electron chi connectivity index (χ1n) is 13.0. The molecule has 0 aliphatic heterocycles. The normalized spacial score (nSPS) is 15.2. The number of carbonyl (C=O) groups excluding carboxylic acids is 4. The van der Waals surface area contributed by atoms with E-state index in [1.54, 1.807) is 60.7 Å². The van der Waals surface area contributed by atoms with Crippen molar-refractivity contribution < 1.29 is 38.9 Å². The molecule has 1 aliphatic rings. The number of benzene rings is 2. The largest absolute Gasteiger partial charge is 0.504 e. The van der Waals surface area contributed by atoms with Crippen molar-refractivity contribution in [3.8, 4) is 0 Å². The Labute approximate surface area is 239 Å². The van der Waals surface area contributed by atoms with E-state index in [4.69, 9.17) is 9.47 Å². The number of ketones is 2. The quantitative estimate of drug-likeness (QED) is 0.229. The zero-order valence-corrected chi connectivity index (χ0v) is 22.7. The van der Waals surface area contributed by atoms with E-state index in [-0.39, 0.29) is 0 Å². The molecule has 42 heavy (non-hydrogen) atoms. The first kappa shape index (κ1) is 28.2. The molecular formula is C32H26N2O8. The molecule has 0 unspecified atom stereocenters. The average Bonchev–Trinajstić information content (AvgIpc) is 3.02. The lowest BCUT2D eigenvalue weighted by molar-refractivity contribution is -0.142. The Balaban J connectivity index is 1.69. The van der Waals surface area contributed by atoms with Gasteiger partial charge in [-0.1, -0.05) is 36.4 Å². The van der Waals surface area contributed by atoms with Crippen molar-refractivity contribution in [1.82, 2.24) is 9.97 Å². The fourth-order valence-electron chi connectivity index (χ4n) is 5.44. The summed E-state index contributed by atoms with van der Waals surface area (Å²) in [6, 6.07) is 17.1. The number of aliphatic hydroxyl groups excluding tert-OH is 2. The first-order chi connectivity index (χ1) is 20.3. The van der Waals surface area contributed by atoms with Gasteiger partial charge in [0, 0.05) is 35.0 Å². The van der Waals surface area contributed by atoms with E-state index in [9.17, 15) is 29.4 Å². The number of pyridine rings is 2. The summed E-state index contributed by atoms with van der Waals surface area (Å²) in [4.78, 5) is 61.4. The molecule has 0 fully saturated rings. The van der Waals surface area contributed by atoms with Gasteiger partial charge in [0.15, 0.2) is 11.5 Å². The van der Waals surface area contributed by atoms with E-state index in [1.165, 1.54) is 26.6 Å². The second-order valence-electron chi connectivity index (χ2n) is 9.68. The molecule has 4 aromatic rings. The molecule has 2 aromatic heterocycles. The Morgan fingerprint density at radius 3 is 1.43 bits per heavy atom. The van der Waals surface area contributed by atoms with Crippen molar-refractivity contribution >= 4 is 45.3 Å². The number of rotatable bonds is 8. The number of hydrogen-bond acceptors (Lipinski definition) is 10. The number of esters is 2. The maximum absolute atomic E-state index is 13.9. The number of methoxy groups -OCH3 is 2. The third kappa shape index (κ3) is 4.98. The molecule has 0 amide bonds. The van der Waals surface area contributed by atoms with Gasteiger partial charge in [-0.15, -0.1) is 0 Å². The molecule has 212 valence electrons. The minimum atomic E-state index is -1.16. The number of aromatic nitrogens is 2. The molecule has 0 spiro atoms. The van der Waals surface area contributed by atoms with Gasteiger partial charge in [-0.2, -0.15) is 0 Å². The molecule has 2 heterocycles. The summed E-state index contributed by atoms with van der Waals surface area (Å²) in [7, 11) is 2.36. The number of nitrogens with zero attached hydrogens (tertiary/aromatic N) is 2. The van der Waals surface area contributed by atoms with Crippen LogP contribution < -0.4 is 0 Å². The van der Waals surface area contributed by atoms with E-state index in [0.717, 1.165) is 0 Å². The van der Waals surface area contributed by atoms with Crippen LogP contribution in [0.4, 0.5) is 0 Å². The predicted octanol–water partition coefficient (Wildman–Crippen LogP) is 4.55. The van der Waals surface area contributed by atoms with E-state index < -0.39 is 70.8 Å². The summed E-state index contributed by atoms with van der Waals surface area (Å²) in [5, 5.41) is 23.9. The summed E-state index contributed by atoms with van der Waals surface area (Å²) < 4.78 is 9.71. The van der Waals surface area contributed by atoms with Gasteiger partial charge in [0.2, 0.25) is 11.6 Å². The van der Waals surface area contributed by atoms with Crippen LogP contribution in [0.2, 0.25) is 0 Å². The van der Waals surface area contributed by atoms with Crippen molar-refractivity contribution in [2.45, 2.75) is 24.7 Å². The van der Waals surface area contributed by atoms with Gasteiger partial charge in [-0.3, -0.25) is 29.1 Å². The molecule has 0 bridgehead atoms. The van der Waals surface area contributed by atoms with Gasteiger partial charge in [0.1, 0.15) is 0 Å². The molecule has 0 saturated heterocycles. The monoisotopic (exact) mass is 566 g/mol. The Bertz CT molecular complexity index is 1680. The predicted molar refractivity (Wildman–Crippen MR) is 152 cm³/mol. The van der Waals surface area contributed by atoms with Crippen LogP contribution in [0.15, 0.2) is 95.7 Å². The Morgan fingerprint density at radius 2 is 1.05 bits per heavy atom. The van der Waals surface area contributed by atoms with Gasteiger partial charge in [0.05, 0.1) is 49.2 Å². The third-order valence-corrected chi connectivity index (χ3v) is 7.44. The highest BCUT2D eigenvalue weighted by atomic mass is 16.5. The van der Waals surface area contributed by atoms with Gasteiger partial charge in [0.25, 0.3) is 0 Å². The second kappa shape index (κ2) is 11.6. The van der Waals surface area contributed by atoms with Gasteiger partial charge in [-0.25, -0.2) is 0 Å². The third-order valence-electron chi connectivity index (χ3n) is 7.44. The maximum atomic E-state index is 13.9. The van der Waals surface area contributed by atoms with E-state index >= 15 is 0 Å². The molecule has 2 atom stereocenters. The summed E-state index contributed by atoms with van der Waals surface area (Å²) >= 11 is 0. The molecule has 0 saturated carbocycles. The number of para-hydroxylation sites is 2. The van der Waals surface area contributed by atoms with Crippen LogP contribution in [0.25, 0.3) is 21.8 Å². The summed E-state index contributed by atoms with van der Waals surface area (Å²) in [6.45, 7) is 0. The molecule has 10 heteroatoms. The summed E-state index contributed by atoms with van der Waals surface area (Å²) in [6.07, 6.45) is 2.14. The zero-order chi connectivity index (χ0) is 30.0. The van der Waals surface area contributed by atoms with Crippen LogP contribution in [0.1, 0.15) is 35.8 Å². The van der Waals surface area contributed by atoms with Crippen LogP contribution in [-0.4, -0.2) is 57.9 Å². The van der Waals surface area contributed by atoms with E-state index in [0.29, 0.717) is 32.9 Å². The van der Waals surface area contributed by atoms with Crippen LogP contribution in [0, 0.1) is 0 Å². The average molecular weight is 567 g/mol. The van der Waals surface area contributed by atoms with Crippen molar-refractivity contribution in [2.24, 2.45) is 0 Å². The van der Waals surface area contributed by atoms with Crippen LogP contribution in [0.5, 0.6) is 0 Å². The maximum Gasteiger partial charge on any atom is 0.306 e. The second-order valence-corrected chi connectivity index (χ2v) is 9.68. The number of carbonyl (C=O) groups is 4. The van der Waals surface area contributed by atoms with Gasteiger partial charge >= 0.3 is 11.9 Å². The van der Waals surface area contributed by atoms with Crippen molar-refractivity contribution in [3.05, 3.63) is 107 Å². The number of fused-ring (bicyclic) bond motifs is 2. The van der Waals surface area contributed by atoms with Crippen LogP contribution >= 0.6 is 0 Å². The van der Waals surface area contributed by atoms with E-state index in [2.05, 4.69) is 9.97 Å². The van der Waals surface area contributed by atoms with Crippen molar-refractivity contribution in [1.29, 1.82) is 0 Å². The smallest absolute Gasteiger partial charge is 0.306 e. The molecule has 10 nitrogen and oxygen atoms in total. The van der Waals surface area contributed by atoms with Crippen molar-refractivity contribution in [2.75, 3.05) is 14.2 Å². The first-order valence-corrected chi connectivity index (χ1v) is 13.0. The van der Waals surface area contributed by atoms with Crippen LogP contribution in [-0.2, 0) is 28.7 Å². The highest BCUT2D eigenvalue weighted by molar-refractivity contribution is 6.25. The highest BCUT2D eigenvalue weighted by Gasteiger charge is 2.43. The SMILES string of the molecule is COC(=O)C[C@@H](C1=C(O)C(=O)C([C@H](CC(=O)OC)c2ccnc3ccccc23)=C(O)C1=O)c1ccnc2ccccc12. The number of ether oxygens (including phenoxy) is 2. The Morgan fingerprint density at radius 1 is 0.667 bits per heavy atom. The molecular weight excluding hydrogens is 540 g/mol. The minimum absolute atomic E-state index is 0.411. The Hall–Kier alpha value is -5.38. The topological polar surface area (TPSA) is 153 Å². The van der Waals surface area contributed by atoms with Gasteiger partial charge < -0.3 is 19.7 Å². The molecule has 2 aromatic carbocycles. The number of aliphatic hydroxyl groups is 2. The molecule has 1 aliphatic carbocycles.